The number of pyridine rings is 1. The summed E-state index contributed by atoms with van der Waals surface area (Å²) in [6.45, 7) is 5.32. The lowest BCUT2D eigenvalue weighted by molar-refractivity contribution is 0.317. The van der Waals surface area contributed by atoms with Crippen LogP contribution in [0, 0.1) is 6.92 Å². The first-order valence-corrected chi connectivity index (χ1v) is 13.1. The predicted octanol–water partition coefficient (Wildman–Crippen LogP) is 6.44. The summed E-state index contributed by atoms with van der Waals surface area (Å²) in [5.41, 5.74) is 4.18. The van der Waals surface area contributed by atoms with E-state index in [0.29, 0.717) is 23.0 Å². The number of thiophene rings is 1. The molecular weight excluding hydrogens is 462 g/mol. The Balaban J connectivity index is 1.55. The van der Waals surface area contributed by atoms with Gasteiger partial charge in [0.1, 0.15) is 15.3 Å². The third kappa shape index (κ3) is 4.72. The Morgan fingerprint density at radius 2 is 1.91 bits per heavy atom. The normalized spacial score (nSPS) is 11.4. The van der Waals surface area contributed by atoms with E-state index in [1.54, 1.807) is 22.5 Å². The molecule has 0 bridgehead atoms. The maximum Gasteiger partial charge on any atom is 0.272 e. The molecule has 3 aromatic heterocycles. The number of nitrogens with zero attached hydrogens (tertiary/aromatic N) is 3. The van der Waals surface area contributed by atoms with Gasteiger partial charge in [0.2, 0.25) is 0 Å². The fourth-order valence-electron chi connectivity index (χ4n) is 3.83. The monoisotopic (exact) mass is 487 g/mol. The van der Waals surface area contributed by atoms with Crippen molar-refractivity contribution >= 4 is 43.5 Å². The van der Waals surface area contributed by atoms with E-state index in [4.69, 9.17) is 9.72 Å². The smallest absolute Gasteiger partial charge is 0.272 e. The van der Waals surface area contributed by atoms with Gasteiger partial charge in [-0.25, -0.2) is 9.97 Å². The van der Waals surface area contributed by atoms with Crippen LogP contribution in [0.4, 0.5) is 0 Å². The molecule has 0 aliphatic carbocycles. The number of ether oxygens (including phenoxy) is 1. The van der Waals surface area contributed by atoms with Crippen molar-refractivity contribution < 1.29 is 4.74 Å². The summed E-state index contributed by atoms with van der Waals surface area (Å²) in [6, 6.07) is 20.3. The lowest BCUT2D eigenvalue weighted by Gasteiger charge is -2.13. The van der Waals surface area contributed by atoms with Gasteiger partial charge in [-0.3, -0.25) is 9.36 Å². The SMILES string of the molecule is CCCOc1ccc(Cn2c(SCc3cccc(C)c3)nc3c(sc4ncccc43)c2=O)cc1. The van der Waals surface area contributed by atoms with Crippen LogP contribution in [-0.2, 0) is 12.3 Å². The Morgan fingerprint density at radius 1 is 1.06 bits per heavy atom. The molecule has 2 aromatic carbocycles. The van der Waals surface area contributed by atoms with Crippen LogP contribution in [0.1, 0.15) is 30.0 Å². The van der Waals surface area contributed by atoms with Gasteiger partial charge < -0.3 is 4.74 Å². The quantitative estimate of drug-likeness (QED) is 0.186. The summed E-state index contributed by atoms with van der Waals surface area (Å²) in [4.78, 5) is 23.9. The number of hydrogen-bond donors (Lipinski definition) is 0. The van der Waals surface area contributed by atoms with E-state index >= 15 is 0 Å². The fraction of sp³-hybridized carbons (Fsp3) is 0.222. The van der Waals surface area contributed by atoms with Crippen molar-refractivity contribution in [2.75, 3.05) is 6.61 Å². The average Bonchev–Trinajstić information content (AvgIpc) is 3.23. The lowest BCUT2D eigenvalue weighted by Crippen LogP contribution is -2.23. The minimum atomic E-state index is -0.0222. The van der Waals surface area contributed by atoms with Gasteiger partial charge in [-0.2, -0.15) is 0 Å². The molecule has 0 spiro atoms. The highest BCUT2D eigenvalue weighted by Gasteiger charge is 2.17. The molecule has 5 nitrogen and oxygen atoms in total. The molecule has 0 unspecified atom stereocenters. The molecule has 7 heteroatoms. The predicted molar refractivity (Wildman–Crippen MR) is 141 cm³/mol. The van der Waals surface area contributed by atoms with Crippen molar-refractivity contribution in [3.05, 3.63) is 93.9 Å². The second-order valence-electron chi connectivity index (χ2n) is 8.19. The number of hydrogen-bond acceptors (Lipinski definition) is 6. The van der Waals surface area contributed by atoms with Crippen LogP contribution in [0.25, 0.3) is 20.4 Å². The van der Waals surface area contributed by atoms with Crippen LogP contribution in [0.5, 0.6) is 5.75 Å². The molecule has 0 radical (unpaired) electrons. The van der Waals surface area contributed by atoms with Gasteiger partial charge in [0, 0.05) is 17.3 Å². The molecule has 0 amide bonds. The van der Waals surface area contributed by atoms with Crippen LogP contribution in [0.15, 0.2) is 76.8 Å². The molecule has 34 heavy (non-hydrogen) atoms. The summed E-state index contributed by atoms with van der Waals surface area (Å²) in [6.07, 6.45) is 2.72. The third-order valence-corrected chi connectivity index (χ3v) is 7.64. The maximum atomic E-state index is 13.7. The minimum Gasteiger partial charge on any atom is -0.494 e. The van der Waals surface area contributed by atoms with Gasteiger partial charge in [-0.15, -0.1) is 11.3 Å². The van der Waals surface area contributed by atoms with Crippen LogP contribution in [-0.4, -0.2) is 21.1 Å². The van der Waals surface area contributed by atoms with E-state index in [9.17, 15) is 4.79 Å². The zero-order valence-corrected chi connectivity index (χ0v) is 20.8. The summed E-state index contributed by atoms with van der Waals surface area (Å²) in [7, 11) is 0. The van der Waals surface area contributed by atoms with Crippen LogP contribution >= 0.6 is 23.1 Å². The molecule has 0 saturated heterocycles. The number of benzene rings is 2. The largest absolute Gasteiger partial charge is 0.494 e. The fourth-order valence-corrected chi connectivity index (χ4v) is 5.80. The molecule has 172 valence electrons. The Hall–Kier alpha value is -3.16. The van der Waals surface area contributed by atoms with Gasteiger partial charge >= 0.3 is 0 Å². The molecule has 0 saturated carbocycles. The first-order valence-electron chi connectivity index (χ1n) is 11.3. The summed E-state index contributed by atoms with van der Waals surface area (Å²) < 4.78 is 8.15. The Morgan fingerprint density at radius 3 is 2.71 bits per heavy atom. The highest BCUT2D eigenvalue weighted by molar-refractivity contribution is 7.98. The zero-order valence-electron chi connectivity index (χ0n) is 19.2. The van der Waals surface area contributed by atoms with E-state index in [-0.39, 0.29) is 5.56 Å². The van der Waals surface area contributed by atoms with Gasteiger partial charge in [0.05, 0.1) is 18.7 Å². The van der Waals surface area contributed by atoms with Crippen molar-refractivity contribution in [2.24, 2.45) is 0 Å². The number of aryl methyl sites for hydroxylation is 1. The highest BCUT2D eigenvalue weighted by Crippen LogP contribution is 2.31. The van der Waals surface area contributed by atoms with Crippen molar-refractivity contribution in [3.8, 4) is 5.75 Å². The Labute approximate surface area is 206 Å². The molecule has 3 heterocycles. The summed E-state index contributed by atoms with van der Waals surface area (Å²) in [5.74, 6) is 1.58. The van der Waals surface area contributed by atoms with Crippen LogP contribution in [0.2, 0.25) is 0 Å². The molecule has 0 aliphatic rings. The molecular formula is C27H25N3O2S2. The standard InChI is InChI=1S/C27H25N3O2S2/c1-3-14-32-21-11-9-19(10-12-21)16-30-26(31)24-23(22-8-5-13-28-25(22)34-24)29-27(30)33-17-20-7-4-6-18(2)15-20/h4-13,15H,3,14,16-17H2,1-2H3. The van der Waals surface area contributed by atoms with Crippen molar-refractivity contribution in [3.63, 3.8) is 0 Å². The maximum absolute atomic E-state index is 13.7. The second kappa shape index (κ2) is 9.99. The number of thioether (sulfide) groups is 1. The molecule has 0 fully saturated rings. The van der Waals surface area contributed by atoms with Crippen molar-refractivity contribution in [1.82, 2.24) is 14.5 Å². The van der Waals surface area contributed by atoms with Crippen LogP contribution < -0.4 is 10.3 Å². The second-order valence-corrected chi connectivity index (χ2v) is 10.1. The minimum absolute atomic E-state index is 0.0222. The zero-order chi connectivity index (χ0) is 23.5. The van der Waals surface area contributed by atoms with Gasteiger partial charge in [0.15, 0.2) is 5.16 Å². The van der Waals surface area contributed by atoms with E-state index in [0.717, 1.165) is 39.2 Å². The molecule has 5 rings (SSSR count). The topological polar surface area (TPSA) is 57.0 Å². The highest BCUT2D eigenvalue weighted by atomic mass is 32.2. The van der Waals surface area contributed by atoms with E-state index in [2.05, 4.69) is 43.1 Å². The van der Waals surface area contributed by atoms with Crippen molar-refractivity contribution in [1.29, 1.82) is 0 Å². The van der Waals surface area contributed by atoms with Gasteiger partial charge in [-0.05, 0) is 48.7 Å². The Bertz CT molecular complexity index is 1510. The third-order valence-electron chi connectivity index (χ3n) is 5.51. The molecule has 0 atom stereocenters. The number of fused-ring (bicyclic) bond motifs is 3. The first kappa shape index (κ1) is 22.6. The molecule has 0 N–H and O–H groups in total. The van der Waals surface area contributed by atoms with E-state index in [1.165, 1.54) is 22.5 Å². The van der Waals surface area contributed by atoms with Crippen molar-refractivity contribution in [2.45, 2.75) is 37.7 Å². The van der Waals surface area contributed by atoms with Gasteiger partial charge in [-0.1, -0.05) is 60.6 Å². The summed E-state index contributed by atoms with van der Waals surface area (Å²) >= 11 is 3.01. The molecule has 5 aromatic rings. The lowest BCUT2D eigenvalue weighted by atomic mass is 10.2. The summed E-state index contributed by atoms with van der Waals surface area (Å²) in [5, 5.41) is 1.65. The van der Waals surface area contributed by atoms with E-state index < -0.39 is 0 Å². The number of rotatable bonds is 8. The number of aromatic nitrogens is 3. The van der Waals surface area contributed by atoms with E-state index in [1.807, 2.05) is 36.4 Å². The molecule has 0 aliphatic heterocycles. The van der Waals surface area contributed by atoms with Crippen LogP contribution in [0.3, 0.4) is 0 Å². The van der Waals surface area contributed by atoms with Gasteiger partial charge in [0.25, 0.3) is 5.56 Å². The average molecular weight is 488 g/mol. The first-order chi connectivity index (χ1) is 16.6. The Kier molecular flexibility index (Phi) is 6.65.